The van der Waals surface area contributed by atoms with Crippen LogP contribution in [0.3, 0.4) is 0 Å². The van der Waals surface area contributed by atoms with Crippen molar-refractivity contribution in [1.82, 2.24) is 15.1 Å². The second-order valence-corrected chi connectivity index (χ2v) is 8.84. The van der Waals surface area contributed by atoms with Crippen molar-refractivity contribution in [2.45, 2.75) is 84.6 Å². The first-order valence-corrected chi connectivity index (χ1v) is 11.9. The third kappa shape index (κ3) is 5.31. The van der Waals surface area contributed by atoms with E-state index in [0.29, 0.717) is 22.9 Å². The van der Waals surface area contributed by atoms with Crippen molar-refractivity contribution in [3.63, 3.8) is 0 Å². The predicted molar refractivity (Wildman–Crippen MR) is 127 cm³/mol. The topological polar surface area (TPSA) is 96.3 Å². The van der Waals surface area contributed by atoms with Crippen molar-refractivity contribution < 1.29 is 14.7 Å². The number of hydrogen-bond donors (Lipinski definition) is 3. The largest absolute Gasteiger partial charge is 0.507 e. The van der Waals surface area contributed by atoms with Crippen molar-refractivity contribution in [3.8, 4) is 17.0 Å². The Hall–Kier alpha value is -2.83. The highest BCUT2D eigenvalue weighted by molar-refractivity contribution is 5.93. The molecule has 7 nitrogen and oxygen atoms in total. The van der Waals surface area contributed by atoms with E-state index in [1.54, 1.807) is 18.2 Å². The number of nitrogens with one attached hydrogen (secondary N) is 2. The fraction of sp³-hybridized carbons (Fsp3) is 0.560. The van der Waals surface area contributed by atoms with Crippen LogP contribution in [0.2, 0.25) is 0 Å². The average Bonchev–Trinajstić information content (AvgIpc) is 3.44. The van der Waals surface area contributed by atoms with Crippen LogP contribution < -0.4 is 10.6 Å². The minimum Gasteiger partial charge on any atom is -0.507 e. The van der Waals surface area contributed by atoms with E-state index in [4.69, 9.17) is 0 Å². The zero-order valence-electron chi connectivity index (χ0n) is 19.6. The maximum Gasteiger partial charge on any atom is 0.342 e. The lowest BCUT2D eigenvalue weighted by atomic mass is 10.0. The van der Waals surface area contributed by atoms with E-state index in [0.717, 1.165) is 50.6 Å². The molecule has 2 aromatic rings. The lowest BCUT2D eigenvalue weighted by Gasteiger charge is -2.15. The molecule has 1 heterocycles. The SMILES string of the molecule is CCC(C)NC(=O)n1nc(-c2ccc(NC(=O)C(CC)CC)cc2O)cc1C1CCCC1. The van der Waals surface area contributed by atoms with E-state index < -0.39 is 0 Å². The molecule has 1 aromatic carbocycles. The summed E-state index contributed by atoms with van der Waals surface area (Å²) in [6, 6.07) is 6.80. The quantitative estimate of drug-likeness (QED) is 0.494. The molecular formula is C25H36N4O3. The second kappa shape index (κ2) is 10.7. The number of amides is 2. The molecule has 0 spiro atoms. The van der Waals surface area contributed by atoms with E-state index in [1.807, 2.05) is 33.8 Å². The first-order chi connectivity index (χ1) is 15.4. The summed E-state index contributed by atoms with van der Waals surface area (Å²) in [5.41, 5.74) is 2.54. The Labute approximate surface area is 190 Å². The summed E-state index contributed by atoms with van der Waals surface area (Å²) in [4.78, 5) is 25.3. The molecule has 1 atom stereocenters. The summed E-state index contributed by atoms with van der Waals surface area (Å²) in [5, 5.41) is 21.1. The smallest absolute Gasteiger partial charge is 0.342 e. The summed E-state index contributed by atoms with van der Waals surface area (Å²) >= 11 is 0. The Morgan fingerprint density at radius 2 is 1.81 bits per heavy atom. The summed E-state index contributed by atoms with van der Waals surface area (Å²) in [5.74, 6) is 0.221. The molecule has 32 heavy (non-hydrogen) atoms. The standard InChI is InChI=1S/C25H36N4O3/c1-5-16(4)26-25(32)29-22(18-10-8-9-11-18)15-21(28-29)20-13-12-19(14-23(20)30)27-24(31)17(6-2)7-3/h12-18,30H,5-11H2,1-4H3,(H,26,32)(H,27,31). The fourth-order valence-corrected chi connectivity index (χ4v) is 4.31. The molecule has 1 aliphatic carbocycles. The van der Waals surface area contributed by atoms with Gasteiger partial charge in [0.2, 0.25) is 5.91 Å². The Morgan fingerprint density at radius 3 is 2.41 bits per heavy atom. The maximum atomic E-state index is 12.9. The summed E-state index contributed by atoms with van der Waals surface area (Å²) in [6.45, 7) is 7.98. The molecule has 1 unspecified atom stereocenters. The third-order valence-corrected chi connectivity index (χ3v) is 6.58. The highest BCUT2D eigenvalue weighted by Gasteiger charge is 2.26. The number of aromatic nitrogens is 2. The van der Waals surface area contributed by atoms with Crippen LogP contribution in [0.5, 0.6) is 5.75 Å². The Morgan fingerprint density at radius 1 is 1.12 bits per heavy atom. The lowest BCUT2D eigenvalue weighted by molar-refractivity contribution is -0.120. The lowest BCUT2D eigenvalue weighted by Crippen LogP contribution is -2.37. The van der Waals surface area contributed by atoms with Gasteiger partial charge in [0.05, 0.1) is 11.4 Å². The van der Waals surface area contributed by atoms with Crippen LogP contribution in [0.4, 0.5) is 10.5 Å². The van der Waals surface area contributed by atoms with Crippen molar-refractivity contribution in [2.75, 3.05) is 5.32 Å². The number of hydrogen-bond acceptors (Lipinski definition) is 4. The van der Waals surface area contributed by atoms with Gasteiger partial charge in [-0.05, 0) is 57.2 Å². The molecule has 1 aromatic heterocycles. The van der Waals surface area contributed by atoms with Crippen molar-refractivity contribution in [2.24, 2.45) is 5.92 Å². The summed E-state index contributed by atoms with van der Waals surface area (Å²) in [7, 11) is 0. The second-order valence-electron chi connectivity index (χ2n) is 8.84. The van der Waals surface area contributed by atoms with E-state index >= 15 is 0 Å². The number of anilines is 1. The van der Waals surface area contributed by atoms with Gasteiger partial charge in [-0.3, -0.25) is 4.79 Å². The highest BCUT2D eigenvalue weighted by atomic mass is 16.3. The predicted octanol–water partition coefficient (Wildman–Crippen LogP) is 5.64. The fourth-order valence-electron chi connectivity index (χ4n) is 4.31. The number of nitrogens with zero attached hydrogens (tertiary/aromatic N) is 2. The number of carbonyl (C=O) groups excluding carboxylic acids is 2. The molecule has 2 amide bonds. The van der Waals surface area contributed by atoms with Crippen LogP contribution in [-0.4, -0.2) is 32.9 Å². The molecular weight excluding hydrogens is 404 g/mol. The van der Waals surface area contributed by atoms with Crippen molar-refractivity contribution in [1.29, 1.82) is 0 Å². The summed E-state index contributed by atoms with van der Waals surface area (Å²) in [6.07, 6.45) is 6.74. The number of aromatic hydroxyl groups is 1. The van der Waals surface area contributed by atoms with Crippen molar-refractivity contribution >= 4 is 17.6 Å². The van der Waals surface area contributed by atoms with Gasteiger partial charge in [-0.15, -0.1) is 0 Å². The molecule has 0 saturated heterocycles. The third-order valence-electron chi connectivity index (χ3n) is 6.58. The van der Waals surface area contributed by atoms with E-state index in [-0.39, 0.29) is 29.6 Å². The first-order valence-electron chi connectivity index (χ1n) is 11.9. The molecule has 1 aliphatic rings. The number of phenolic OH excluding ortho intramolecular Hbond substituents is 1. The van der Waals surface area contributed by atoms with E-state index in [1.165, 1.54) is 4.68 Å². The average molecular weight is 441 g/mol. The van der Waals surface area contributed by atoms with Crippen LogP contribution in [-0.2, 0) is 4.79 Å². The normalized spacial score (nSPS) is 15.2. The van der Waals surface area contributed by atoms with E-state index in [2.05, 4.69) is 15.7 Å². The van der Waals surface area contributed by atoms with Crippen LogP contribution in [0.1, 0.15) is 84.3 Å². The summed E-state index contributed by atoms with van der Waals surface area (Å²) < 4.78 is 1.47. The molecule has 3 rings (SSSR count). The Bertz CT molecular complexity index is 943. The van der Waals surface area contributed by atoms with Gasteiger partial charge in [0, 0.05) is 35.2 Å². The molecule has 7 heteroatoms. The van der Waals surface area contributed by atoms with Gasteiger partial charge in [0.25, 0.3) is 0 Å². The molecule has 1 fully saturated rings. The van der Waals surface area contributed by atoms with Crippen LogP contribution in [0.25, 0.3) is 11.3 Å². The van der Waals surface area contributed by atoms with Crippen LogP contribution >= 0.6 is 0 Å². The van der Waals surface area contributed by atoms with Crippen LogP contribution in [0.15, 0.2) is 24.3 Å². The molecule has 0 radical (unpaired) electrons. The van der Waals surface area contributed by atoms with Crippen molar-refractivity contribution in [3.05, 3.63) is 30.0 Å². The molecule has 0 bridgehead atoms. The monoisotopic (exact) mass is 440 g/mol. The van der Waals surface area contributed by atoms with Gasteiger partial charge < -0.3 is 15.7 Å². The number of phenols is 1. The van der Waals surface area contributed by atoms with Gasteiger partial charge in [-0.2, -0.15) is 9.78 Å². The zero-order chi connectivity index (χ0) is 23.3. The maximum absolute atomic E-state index is 12.9. The Balaban J connectivity index is 1.89. The van der Waals surface area contributed by atoms with Gasteiger partial charge in [0.15, 0.2) is 0 Å². The number of rotatable bonds is 8. The van der Waals surface area contributed by atoms with Gasteiger partial charge >= 0.3 is 6.03 Å². The van der Waals surface area contributed by atoms with Crippen LogP contribution in [0, 0.1) is 5.92 Å². The first kappa shape index (κ1) is 23.8. The number of carbonyl (C=O) groups is 2. The molecule has 0 aliphatic heterocycles. The highest BCUT2D eigenvalue weighted by Crippen LogP contribution is 2.38. The van der Waals surface area contributed by atoms with Gasteiger partial charge in [-0.25, -0.2) is 4.79 Å². The van der Waals surface area contributed by atoms with Gasteiger partial charge in [-0.1, -0.05) is 33.6 Å². The minimum absolute atomic E-state index is 0.0253. The van der Waals surface area contributed by atoms with Gasteiger partial charge in [0.1, 0.15) is 5.75 Å². The zero-order valence-corrected chi connectivity index (χ0v) is 19.6. The molecule has 1 saturated carbocycles. The Kier molecular flexibility index (Phi) is 7.94. The van der Waals surface area contributed by atoms with E-state index in [9.17, 15) is 14.7 Å². The number of benzene rings is 1. The minimum atomic E-state index is -0.235. The molecule has 3 N–H and O–H groups in total. The molecule has 174 valence electrons.